The van der Waals surface area contributed by atoms with Gasteiger partial charge in [0.2, 0.25) is 0 Å². The minimum atomic E-state index is -0.138. The van der Waals surface area contributed by atoms with E-state index in [1.54, 1.807) is 35.6 Å². The van der Waals surface area contributed by atoms with E-state index < -0.39 is 0 Å². The van der Waals surface area contributed by atoms with Crippen molar-refractivity contribution in [1.29, 1.82) is 5.26 Å². The number of amides is 2. The molecule has 1 saturated heterocycles. The van der Waals surface area contributed by atoms with Crippen molar-refractivity contribution in [3.05, 3.63) is 52.2 Å². The molecule has 1 aliphatic heterocycles. The topological polar surface area (TPSA) is 68.6 Å². The molecule has 0 radical (unpaired) electrons. The van der Waals surface area contributed by atoms with E-state index in [1.165, 1.54) is 0 Å². The minimum Gasteiger partial charge on any atom is -0.379 e. The number of ether oxygens (including phenoxy) is 1. The van der Waals surface area contributed by atoms with Crippen molar-refractivity contribution in [2.45, 2.75) is 13.0 Å². The van der Waals surface area contributed by atoms with Crippen LogP contribution < -0.4 is 5.32 Å². The van der Waals surface area contributed by atoms with E-state index >= 15 is 0 Å². The van der Waals surface area contributed by atoms with E-state index in [9.17, 15) is 4.79 Å². The first kappa shape index (κ1) is 19.4. The van der Waals surface area contributed by atoms with E-state index in [0.717, 1.165) is 44.1 Å². The third-order valence-electron chi connectivity index (χ3n) is 4.46. The van der Waals surface area contributed by atoms with Gasteiger partial charge in [0.25, 0.3) is 0 Å². The van der Waals surface area contributed by atoms with Gasteiger partial charge in [-0.15, -0.1) is 11.3 Å². The molecular formula is C20H24N4O2S. The van der Waals surface area contributed by atoms with Crippen LogP contribution in [0.2, 0.25) is 0 Å². The number of morpholine rings is 1. The normalized spacial score (nSPS) is 14.5. The molecule has 0 atom stereocenters. The molecule has 142 valence electrons. The van der Waals surface area contributed by atoms with Crippen LogP contribution in [0, 0.1) is 11.3 Å². The van der Waals surface area contributed by atoms with E-state index in [1.807, 2.05) is 22.4 Å². The van der Waals surface area contributed by atoms with Crippen LogP contribution in [-0.2, 0) is 11.3 Å². The zero-order valence-electron chi connectivity index (χ0n) is 15.3. The molecular weight excluding hydrogens is 360 g/mol. The predicted molar refractivity (Wildman–Crippen MR) is 107 cm³/mol. The first-order valence-electron chi connectivity index (χ1n) is 9.13. The number of carbonyl (C=O) groups is 1. The van der Waals surface area contributed by atoms with Crippen LogP contribution in [0.5, 0.6) is 0 Å². The molecule has 2 amide bonds. The summed E-state index contributed by atoms with van der Waals surface area (Å²) in [6, 6.07) is 13.0. The van der Waals surface area contributed by atoms with Crippen molar-refractivity contribution in [1.82, 2.24) is 9.80 Å². The number of anilines is 1. The van der Waals surface area contributed by atoms with Crippen molar-refractivity contribution < 1.29 is 9.53 Å². The number of thiophene rings is 1. The molecule has 27 heavy (non-hydrogen) atoms. The fourth-order valence-corrected chi connectivity index (χ4v) is 3.74. The second-order valence-electron chi connectivity index (χ2n) is 6.43. The molecule has 1 fully saturated rings. The maximum atomic E-state index is 12.8. The van der Waals surface area contributed by atoms with Crippen LogP contribution in [0.1, 0.15) is 16.9 Å². The minimum absolute atomic E-state index is 0.138. The van der Waals surface area contributed by atoms with E-state index in [0.29, 0.717) is 24.3 Å². The van der Waals surface area contributed by atoms with E-state index in [-0.39, 0.29) is 6.03 Å². The largest absolute Gasteiger partial charge is 0.379 e. The molecule has 0 unspecified atom stereocenters. The van der Waals surface area contributed by atoms with Gasteiger partial charge in [-0.1, -0.05) is 12.1 Å². The number of nitriles is 1. The second-order valence-corrected chi connectivity index (χ2v) is 7.46. The number of urea groups is 1. The number of nitrogens with zero attached hydrogens (tertiary/aromatic N) is 3. The van der Waals surface area contributed by atoms with Gasteiger partial charge in [0.1, 0.15) is 0 Å². The quantitative estimate of drug-likeness (QED) is 0.795. The number of carbonyl (C=O) groups excluding carboxylic acids is 1. The molecule has 3 rings (SSSR count). The van der Waals surface area contributed by atoms with Crippen LogP contribution in [0.3, 0.4) is 0 Å². The number of nitrogens with one attached hydrogen (secondary N) is 1. The summed E-state index contributed by atoms with van der Waals surface area (Å²) < 4.78 is 5.38. The zero-order chi connectivity index (χ0) is 18.9. The average Bonchev–Trinajstić information content (AvgIpc) is 3.21. The van der Waals surface area contributed by atoms with Gasteiger partial charge in [-0.2, -0.15) is 5.26 Å². The fourth-order valence-electron chi connectivity index (χ4n) is 3.02. The molecule has 1 aromatic carbocycles. The lowest BCUT2D eigenvalue weighted by molar-refractivity contribution is 0.0365. The van der Waals surface area contributed by atoms with Crippen LogP contribution in [0.4, 0.5) is 10.5 Å². The molecule has 0 aliphatic carbocycles. The van der Waals surface area contributed by atoms with Gasteiger partial charge < -0.3 is 15.0 Å². The maximum Gasteiger partial charge on any atom is 0.322 e. The Morgan fingerprint density at radius 3 is 2.89 bits per heavy atom. The van der Waals surface area contributed by atoms with Crippen molar-refractivity contribution in [2.75, 3.05) is 44.7 Å². The lowest BCUT2D eigenvalue weighted by atomic mass is 10.2. The van der Waals surface area contributed by atoms with Gasteiger partial charge in [-0.05, 0) is 36.1 Å². The SMILES string of the molecule is N#Cc1cccc(NC(=O)N(CCCN2CCOCC2)Cc2cccs2)c1. The molecule has 0 spiro atoms. The van der Waals surface area contributed by atoms with Gasteiger partial charge in [-0.25, -0.2) is 4.79 Å². The Hall–Kier alpha value is -2.40. The Morgan fingerprint density at radius 2 is 2.15 bits per heavy atom. The zero-order valence-corrected chi connectivity index (χ0v) is 16.1. The molecule has 0 bridgehead atoms. The molecule has 0 saturated carbocycles. The van der Waals surface area contributed by atoms with Crippen LogP contribution in [0.15, 0.2) is 41.8 Å². The summed E-state index contributed by atoms with van der Waals surface area (Å²) in [5.74, 6) is 0. The summed E-state index contributed by atoms with van der Waals surface area (Å²) in [6.45, 7) is 5.71. The van der Waals surface area contributed by atoms with Crippen molar-refractivity contribution >= 4 is 23.1 Å². The highest BCUT2D eigenvalue weighted by Crippen LogP contribution is 2.15. The highest BCUT2D eigenvalue weighted by atomic mass is 32.1. The predicted octanol–water partition coefficient (Wildman–Crippen LogP) is 3.38. The molecule has 2 heterocycles. The van der Waals surface area contributed by atoms with E-state index in [4.69, 9.17) is 10.00 Å². The molecule has 1 N–H and O–H groups in total. The van der Waals surface area contributed by atoms with Crippen LogP contribution in [-0.4, -0.2) is 55.2 Å². The first-order valence-corrected chi connectivity index (χ1v) is 10.0. The molecule has 1 aliphatic rings. The highest BCUT2D eigenvalue weighted by Gasteiger charge is 2.16. The van der Waals surface area contributed by atoms with Gasteiger partial charge in [0.15, 0.2) is 0 Å². The fraction of sp³-hybridized carbons (Fsp3) is 0.400. The average molecular weight is 385 g/mol. The molecule has 7 heteroatoms. The Bertz CT molecular complexity index is 767. The summed E-state index contributed by atoms with van der Waals surface area (Å²) in [4.78, 5) is 18.2. The summed E-state index contributed by atoms with van der Waals surface area (Å²) in [6.07, 6.45) is 0.914. The van der Waals surface area contributed by atoms with Gasteiger partial charge in [0, 0.05) is 36.7 Å². The molecule has 6 nitrogen and oxygen atoms in total. The number of benzene rings is 1. The lowest BCUT2D eigenvalue weighted by Gasteiger charge is -2.28. The maximum absolute atomic E-state index is 12.8. The molecule has 2 aromatic rings. The van der Waals surface area contributed by atoms with Gasteiger partial charge in [-0.3, -0.25) is 4.90 Å². The van der Waals surface area contributed by atoms with Crippen LogP contribution >= 0.6 is 11.3 Å². The highest BCUT2D eigenvalue weighted by molar-refractivity contribution is 7.09. The Balaban J connectivity index is 1.59. The third-order valence-corrected chi connectivity index (χ3v) is 5.32. The summed E-state index contributed by atoms with van der Waals surface area (Å²) in [5, 5.41) is 14.0. The number of hydrogen-bond donors (Lipinski definition) is 1. The van der Waals surface area contributed by atoms with Crippen LogP contribution in [0.25, 0.3) is 0 Å². The van der Waals surface area contributed by atoms with Gasteiger partial charge in [0.05, 0.1) is 31.4 Å². The second kappa shape index (κ2) is 10.1. The summed E-state index contributed by atoms with van der Waals surface area (Å²) >= 11 is 1.65. The summed E-state index contributed by atoms with van der Waals surface area (Å²) in [5.41, 5.74) is 1.17. The lowest BCUT2D eigenvalue weighted by Crippen LogP contribution is -2.40. The summed E-state index contributed by atoms with van der Waals surface area (Å²) in [7, 11) is 0. The monoisotopic (exact) mass is 384 g/mol. The first-order chi connectivity index (χ1) is 13.2. The number of rotatable bonds is 7. The standard InChI is InChI=1S/C20H24N4O2S/c21-15-17-4-1-5-18(14-17)22-20(25)24(16-19-6-2-13-27-19)8-3-7-23-9-11-26-12-10-23/h1-2,4-6,13-14H,3,7-12,16H2,(H,22,25). The Labute approximate surface area is 164 Å². The van der Waals surface area contributed by atoms with Crippen molar-refractivity contribution in [2.24, 2.45) is 0 Å². The van der Waals surface area contributed by atoms with Crippen molar-refractivity contribution in [3.8, 4) is 6.07 Å². The number of hydrogen-bond acceptors (Lipinski definition) is 5. The Morgan fingerprint density at radius 1 is 1.30 bits per heavy atom. The smallest absolute Gasteiger partial charge is 0.322 e. The van der Waals surface area contributed by atoms with Gasteiger partial charge >= 0.3 is 6.03 Å². The third kappa shape index (κ3) is 6.07. The van der Waals surface area contributed by atoms with Crippen molar-refractivity contribution in [3.63, 3.8) is 0 Å². The Kier molecular flexibility index (Phi) is 7.22. The van der Waals surface area contributed by atoms with E-state index in [2.05, 4.69) is 16.3 Å². The molecule has 1 aromatic heterocycles.